The highest BCUT2D eigenvalue weighted by Gasteiger charge is 2.16. The van der Waals surface area contributed by atoms with Crippen molar-refractivity contribution in [3.8, 4) is 5.75 Å². The molecule has 0 bridgehead atoms. The third-order valence-electron chi connectivity index (χ3n) is 4.86. The van der Waals surface area contributed by atoms with E-state index in [0.29, 0.717) is 12.4 Å². The van der Waals surface area contributed by atoms with Gasteiger partial charge in [0.15, 0.2) is 11.6 Å². The van der Waals surface area contributed by atoms with Crippen molar-refractivity contribution < 1.29 is 28.9 Å². The minimum absolute atomic E-state index is 0.281. The molecule has 0 amide bonds. The summed E-state index contributed by atoms with van der Waals surface area (Å²) in [5, 5.41) is 14.8. The Morgan fingerprint density at radius 2 is 1.42 bits per heavy atom. The van der Waals surface area contributed by atoms with Crippen LogP contribution in [0.5, 0.6) is 5.75 Å². The van der Waals surface area contributed by atoms with Crippen LogP contribution in [0.25, 0.3) is 0 Å². The van der Waals surface area contributed by atoms with Gasteiger partial charge < -0.3 is 19.8 Å². The molecule has 7 nitrogen and oxygen atoms in total. The number of rotatable bonds is 8. The lowest BCUT2D eigenvalue weighted by Gasteiger charge is -2.34. The van der Waals surface area contributed by atoms with Gasteiger partial charge in [0.25, 0.3) is 0 Å². The molecule has 8 heteroatoms. The quantitative estimate of drug-likeness (QED) is 0.490. The normalized spacial score (nSPS) is 14.4. The van der Waals surface area contributed by atoms with E-state index in [4.69, 9.17) is 24.5 Å². The van der Waals surface area contributed by atoms with Crippen LogP contribution in [0.15, 0.2) is 54.6 Å². The van der Waals surface area contributed by atoms with Gasteiger partial charge in [-0.15, -0.1) is 0 Å². The van der Waals surface area contributed by atoms with Gasteiger partial charge >= 0.3 is 11.9 Å². The Morgan fingerprint density at radius 3 is 2.03 bits per heavy atom. The minimum atomic E-state index is -1.82. The number of carbonyl (C=O) groups is 2. The van der Waals surface area contributed by atoms with Crippen LogP contribution >= 0.6 is 0 Å². The fourth-order valence-electron chi connectivity index (χ4n) is 3.19. The van der Waals surface area contributed by atoms with E-state index in [2.05, 4.69) is 40.1 Å². The summed E-state index contributed by atoms with van der Waals surface area (Å²) in [4.78, 5) is 23.2. The molecule has 1 aliphatic heterocycles. The number of ether oxygens (including phenoxy) is 1. The third-order valence-corrected chi connectivity index (χ3v) is 4.86. The van der Waals surface area contributed by atoms with Crippen LogP contribution in [0, 0.1) is 5.82 Å². The van der Waals surface area contributed by atoms with Crippen LogP contribution in [-0.4, -0.2) is 71.3 Å². The first kappa shape index (κ1) is 24.3. The molecular weight excluding hydrogens is 403 g/mol. The van der Waals surface area contributed by atoms with E-state index in [1.807, 2.05) is 0 Å². The Morgan fingerprint density at radius 1 is 0.839 bits per heavy atom. The molecule has 1 saturated heterocycles. The number of para-hydroxylation sites is 1. The van der Waals surface area contributed by atoms with Gasteiger partial charge in [0, 0.05) is 32.7 Å². The number of hydrogen-bond acceptors (Lipinski definition) is 5. The van der Waals surface area contributed by atoms with Crippen LogP contribution < -0.4 is 4.74 Å². The molecule has 0 atom stereocenters. The maximum absolute atomic E-state index is 13.4. The summed E-state index contributed by atoms with van der Waals surface area (Å²) in [5.74, 6) is -3.57. The number of nitrogens with zero attached hydrogens (tertiary/aromatic N) is 2. The van der Waals surface area contributed by atoms with E-state index in [9.17, 15) is 4.39 Å². The SMILES string of the molecule is Fc1ccccc1OCCCCN1CCN(Cc2ccccc2)CC1.O=C(O)C(=O)O. The smallest absolute Gasteiger partial charge is 0.414 e. The molecule has 168 valence electrons. The molecule has 0 saturated carbocycles. The first-order valence-electron chi connectivity index (χ1n) is 10.3. The Hall–Kier alpha value is -2.97. The summed E-state index contributed by atoms with van der Waals surface area (Å²) < 4.78 is 19.0. The zero-order chi connectivity index (χ0) is 22.5. The number of carboxylic acids is 2. The Bertz CT molecular complexity index is 799. The highest BCUT2D eigenvalue weighted by Crippen LogP contribution is 2.15. The van der Waals surface area contributed by atoms with Gasteiger partial charge in [0.2, 0.25) is 0 Å². The Balaban J connectivity index is 0.000000501. The number of hydrogen-bond donors (Lipinski definition) is 2. The number of carboxylic acid groups (broad SMARTS) is 2. The second kappa shape index (κ2) is 13.4. The monoisotopic (exact) mass is 432 g/mol. The average Bonchev–Trinajstić information content (AvgIpc) is 2.77. The summed E-state index contributed by atoms with van der Waals surface area (Å²) in [6.45, 7) is 7.23. The number of benzene rings is 2. The van der Waals surface area contributed by atoms with Gasteiger partial charge in [0.1, 0.15) is 0 Å². The average molecular weight is 432 g/mol. The summed E-state index contributed by atoms with van der Waals surface area (Å²) in [5.41, 5.74) is 1.39. The zero-order valence-corrected chi connectivity index (χ0v) is 17.5. The number of aliphatic carboxylic acids is 2. The molecular formula is C23H29FN2O5. The minimum Gasteiger partial charge on any atom is -0.491 e. The van der Waals surface area contributed by atoms with E-state index < -0.39 is 11.9 Å². The van der Waals surface area contributed by atoms with Gasteiger partial charge in [-0.2, -0.15) is 0 Å². The second-order valence-electron chi connectivity index (χ2n) is 7.20. The molecule has 2 aromatic rings. The van der Waals surface area contributed by atoms with Gasteiger partial charge in [-0.25, -0.2) is 14.0 Å². The van der Waals surface area contributed by atoms with E-state index in [1.165, 1.54) is 11.6 Å². The molecule has 0 aromatic heterocycles. The summed E-state index contributed by atoms with van der Waals surface area (Å²) >= 11 is 0. The molecule has 0 unspecified atom stereocenters. The number of halogens is 1. The third kappa shape index (κ3) is 9.59. The van der Waals surface area contributed by atoms with Crippen molar-refractivity contribution in [1.82, 2.24) is 9.80 Å². The number of unbranched alkanes of at least 4 members (excludes halogenated alkanes) is 1. The lowest BCUT2D eigenvalue weighted by molar-refractivity contribution is -0.159. The predicted molar refractivity (Wildman–Crippen MR) is 115 cm³/mol. The van der Waals surface area contributed by atoms with Crippen LogP contribution in [0.1, 0.15) is 18.4 Å². The highest BCUT2D eigenvalue weighted by molar-refractivity contribution is 6.27. The van der Waals surface area contributed by atoms with E-state index in [0.717, 1.165) is 52.1 Å². The van der Waals surface area contributed by atoms with Crippen molar-refractivity contribution in [3.63, 3.8) is 0 Å². The van der Waals surface area contributed by atoms with Crippen LogP contribution in [-0.2, 0) is 16.1 Å². The standard InChI is InChI=1S/C21H27FN2O.C2H2O4/c22-20-10-4-5-11-21(20)25-17-7-6-12-23-13-15-24(16-14-23)18-19-8-2-1-3-9-19;3-1(4)2(5)6/h1-5,8-11H,6-7,12-18H2;(H,3,4)(H,5,6). The molecule has 1 heterocycles. The van der Waals surface area contributed by atoms with Crippen LogP contribution in [0.4, 0.5) is 4.39 Å². The van der Waals surface area contributed by atoms with E-state index in [-0.39, 0.29) is 5.82 Å². The first-order chi connectivity index (χ1) is 15.0. The molecule has 31 heavy (non-hydrogen) atoms. The van der Waals surface area contributed by atoms with Crippen molar-refractivity contribution in [3.05, 3.63) is 66.0 Å². The fraction of sp³-hybridized carbons (Fsp3) is 0.391. The first-order valence-corrected chi connectivity index (χ1v) is 10.3. The van der Waals surface area contributed by atoms with Crippen LogP contribution in [0.3, 0.4) is 0 Å². The number of piperazine rings is 1. The van der Waals surface area contributed by atoms with Gasteiger partial charge in [-0.1, -0.05) is 42.5 Å². The highest BCUT2D eigenvalue weighted by atomic mass is 19.1. The maximum Gasteiger partial charge on any atom is 0.414 e. The maximum atomic E-state index is 13.4. The van der Waals surface area contributed by atoms with E-state index >= 15 is 0 Å². The van der Waals surface area contributed by atoms with Crippen molar-refractivity contribution in [2.24, 2.45) is 0 Å². The Labute approximate surface area is 181 Å². The lowest BCUT2D eigenvalue weighted by Crippen LogP contribution is -2.46. The molecule has 0 radical (unpaired) electrons. The van der Waals surface area contributed by atoms with Gasteiger partial charge in [-0.05, 0) is 37.1 Å². The van der Waals surface area contributed by atoms with Crippen molar-refractivity contribution >= 4 is 11.9 Å². The molecule has 2 N–H and O–H groups in total. The summed E-state index contributed by atoms with van der Waals surface area (Å²) in [6.07, 6.45) is 2.05. The van der Waals surface area contributed by atoms with Crippen molar-refractivity contribution in [2.45, 2.75) is 19.4 Å². The topological polar surface area (TPSA) is 90.3 Å². The Kier molecular flexibility index (Phi) is 10.5. The fourth-order valence-corrected chi connectivity index (χ4v) is 3.19. The van der Waals surface area contributed by atoms with Crippen molar-refractivity contribution in [2.75, 3.05) is 39.3 Å². The molecule has 0 aliphatic carbocycles. The lowest BCUT2D eigenvalue weighted by atomic mass is 10.2. The second-order valence-corrected chi connectivity index (χ2v) is 7.20. The zero-order valence-electron chi connectivity index (χ0n) is 17.5. The molecule has 1 fully saturated rings. The largest absolute Gasteiger partial charge is 0.491 e. The molecule has 0 spiro atoms. The molecule has 1 aliphatic rings. The van der Waals surface area contributed by atoms with Crippen molar-refractivity contribution in [1.29, 1.82) is 0 Å². The molecule has 3 rings (SSSR count). The van der Waals surface area contributed by atoms with E-state index in [1.54, 1.807) is 18.2 Å². The van der Waals surface area contributed by atoms with Gasteiger partial charge in [-0.3, -0.25) is 4.90 Å². The summed E-state index contributed by atoms with van der Waals surface area (Å²) in [6, 6.07) is 17.3. The van der Waals surface area contributed by atoms with Crippen LogP contribution in [0.2, 0.25) is 0 Å². The predicted octanol–water partition coefficient (Wildman–Crippen LogP) is 2.96. The van der Waals surface area contributed by atoms with Gasteiger partial charge in [0.05, 0.1) is 6.61 Å². The summed E-state index contributed by atoms with van der Waals surface area (Å²) in [7, 11) is 0. The molecule has 2 aromatic carbocycles.